The zero-order valence-electron chi connectivity index (χ0n) is 13.7. The first-order valence-corrected chi connectivity index (χ1v) is 9.99. The number of thiazole rings is 1. The first-order chi connectivity index (χ1) is 11.4. The lowest BCUT2D eigenvalue weighted by Gasteiger charge is -2.21. The minimum atomic E-state index is -3.57. The van der Waals surface area contributed by atoms with Gasteiger partial charge in [0.1, 0.15) is 10.6 Å². The molecule has 0 amide bonds. The number of rotatable bonds is 4. The van der Waals surface area contributed by atoms with E-state index in [9.17, 15) is 8.42 Å². The third kappa shape index (κ3) is 3.46. The van der Waals surface area contributed by atoms with E-state index in [0.29, 0.717) is 36.2 Å². The summed E-state index contributed by atoms with van der Waals surface area (Å²) >= 11 is 1.47. The third-order valence-corrected chi connectivity index (χ3v) is 7.02. The molecule has 0 atom stereocenters. The van der Waals surface area contributed by atoms with Crippen LogP contribution in [-0.4, -0.2) is 53.9 Å². The zero-order valence-corrected chi connectivity index (χ0v) is 15.4. The van der Waals surface area contributed by atoms with Crippen LogP contribution in [0.15, 0.2) is 15.6 Å². The van der Waals surface area contributed by atoms with Crippen LogP contribution in [0.4, 0.5) is 5.13 Å². The van der Waals surface area contributed by atoms with E-state index in [0.717, 1.165) is 24.4 Å². The fourth-order valence-electron chi connectivity index (χ4n) is 2.93. The molecule has 2 aromatic heterocycles. The summed E-state index contributed by atoms with van der Waals surface area (Å²) in [4.78, 5) is 7.58. The van der Waals surface area contributed by atoms with Crippen molar-refractivity contribution in [1.82, 2.24) is 19.3 Å². The molecule has 0 bridgehead atoms. The van der Waals surface area contributed by atoms with E-state index in [1.54, 1.807) is 20.0 Å². The molecule has 1 aliphatic heterocycles. The van der Waals surface area contributed by atoms with Gasteiger partial charge in [-0.05, 0) is 26.8 Å². The highest BCUT2D eigenvalue weighted by Gasteiger charge is 2.32. The SMILES string of the molecule is Cc1noc(C)c1S(=O)(=O)N1CCCN(Cc2cnc(N)s2)CC1. The first-order valence-electron chi connectivity index (χ1n) is 7.73. The molecule has 3 heterocycles. The lowest BCUT2D eigenvalue weighted by Crippen LogP contribution is -2.35. The highest BCUT2D eigenvalue weighted by atomic mass is 32.2. The summed E-state index contributed by atoms with van der Waals surface area (Å²) in [7, 11) is -3.57. The molecule has 1 aliphatic rings. The Bertz CT molecular complexity index is 795. The molecule has 0 unspecified atom stereocenters. The summed E-state index contributed by atoms with van der Waals surface area (Å²) in [6.45, 7) is 6.47. The molecule has 0 aromatic carbocycles. The Kier molecular flexibility index (Phi) is 4.90. The summed E-state index contributed by atoms with van der Waals surface area (Å²) in [5, 5.41) is 4.32. The van der Waals surface area contributed by atoms with Crippen molar-refractivity contribution < 1.29 is 12.9 Å². The Morgan fingerprint density at radius 1 is 1.29 bits per heavy atom. The number of nitrogen functional groups attached to an aromatic ring is 1. The molecule has 8 nitrogen and oxygen atoms in total. The highest BCUT2D eigenvalue weighted by Crippen LogP contribution is 2.25. The van der Waals surface area contributed by atoms with Crippen molar-refractivity contribution in [1.29, 1.82) is 0 Å². The lowest BCUT2D eigenvalue weighted by molar-refractivity contribution is 0.281. The van der Waals surface area contributed by atoms with Gasteiger partial charge in [-0.3, -0.25) is 4.90 Å². The Labute approximate surface area is 145 Å². The Morgan fingerprint density at radius 3 is 2.71 bits per heavy atom. The topological polar surface area (TPSA) is 106 Å². The van der Waals surface area contributed by atoms with E-state index in [4.69, 9.17) is 10.3 Å². The van der Waals surface area contributed by atoms with Gasteiger partial charge in [-0.15, -0.1) is 11.3 Å². The van der Waals surface area contributed by atoms with Crippen molar-refractivity contribution in [2.75, 3.05) is 31.9 Å². The molecule has 132 valence electrons. The molecule has 0 radical (unpaired) electrons. The number of nitrogens with two attached hydrogens (primary N) is 1. The smallest absolute Gasteiger partial charge is 0.248 e. The van der Waals surface area contributed by atoms with Crippen LogP contribution in [0.25, 0.3) is 0 Å². The van der Waals surface area contributed by atoms with Crippen molar-refractivity contribution in [2.24, 2.45) is 0 Å². The monoisotopic (exact) mass is 371 g/mol. The minimum Gasteiger partial charge on any atom is -0.375 e. The average Bonchev–Trinajstić information content (AvgIpc) is 2.97. The molecule has 2 aromatic rings. The van der Waals surface area contributed by atoms with E-state index in [1.807, 2.05) is 0 Å². The molecule has 1 saturated heterocycles. The summed E-state index contributed by atoms with van der Waals surface area (Å²) in [5.41, 5.74) is 6.07. The normalized spacial score (nSPS) is 17.9. The molecule has 1 fully saturated rings. The number of anilines is 1. The van der Waals surface area contributed by atoms with Crippen LogP contribution in [0.5, 0.6) is 0 Å². The molecular formula is C14H21N5O3S2. The van der Waals surface area contributed by atoms with Gasteiger partial charge < -0.3 is 10.3 Å². The molecule has 3 rings (SSSR count). The van der Waals surface area contributed by atoms with Gasteiger partial charge in [0.05, 0.1) is 0 Å². The van der Waals surface area contributed by atoms with Gasteiger partial charge in [0.25, 0.3) is 0 Å². The standard InChI is InChI=1S/C14H21N5O3S2/c1-10-13(11(2)22-17-10)24(20,21)19-5-3-4-18(6-7-19)9-12-8-16-14(15)23-12/h8H,3-7,9H2,1-2H3,(H2,15,16). The summed E-state index contributed by atoms with van der Waals surface area (Å²) < 4.78 is 32.3. The number of nitrogens with zero attached hydrogens (tertiary/aromatic N) is 4. The fraction of sp³-hybridized carbons (Fsp3) is 0.571. The molecule has 24 heavy (non-hydrogen) atoms. The second-order valence-corrected chi connectivity index (χ2v) is 8.87. The van der Waals surface area contributed by atoms with E-state index in [2.05, 4.69) is 15.0 Å². The third-order valence-electron chi connectivity index (χ3n) is 4.06. The summed E-state index contributed by atoms with van der Waals surface area (Å²) in [6, 6.07) is 0. The maximum atomic E-state index is 12.9. The van der Waals surface area contributed by atoms with Crippen LogP contribution in [-0.2, 0) is 16.6 Å². The maximum absolute atomic E-state index is 12.9. The van der Waals surface area contributed by atoms with Crippen LogP contribution in [0.3, 0.4) is 0 Å². The van der Waals surface area contributed by atoms with Gasteiger partial charge in [-0.1, -0.05) is 5.16 Å². The Morgan fingerprint density at radius 2 is 2.08 bits per heavy atom. The second-order valence-electron chi connectivity index (χ2n) is 5.85. The number of sulfonamides is 1. The molecule has 0 spiro atoms. The molecule has 10 heteroatoms. The molecular weight excluding hydrogens is 350 g/mol. The summed E-state index contributed by atoms with van der Waals surface area (Å²) in [6.07, 6.45) is 2.56. The average molecular weight is 371 g/mol. The van der Waals surface area contributed by atoms with Gasteiger partial charge in [-0.2, -0.15) is 4.31 Å². The quantitative estimate of drug-likeness (QED) is 0.861. The maximum Gasteiger partial charge on any atom is 0.248 e. The van der Waals surface area contributed by atoms with Gasteiger partial charge in [0.2, 0.25) is 10.0 Å². The Hall–Kier alpha value is -1.49. The molecule has 2 N–H and O–H groups in total. The van der Waals surface area contributed by atoms with Crippen molar-refractivity contribution >= 4 is 26.5 Å². The van der Waals surface area contributed by atoms with Crippen LogP contribution in [0, 0.1) is 13.8 Å². The van der Waals surface area contributed by atoms with Gasteiger partial charge in [0, 0.05) is 37.3 Å². The minimum absolute atomic E-state index is 0.200. The van der Waals surface area contributed by atoms with Crippen LogP contribution in [0.2, 0.25) is 0 Å². The number of hydrogen-bond donors (Lipinski definition) is 1. The van der Waals surface area contributed by atoms with E-state index in [1.165, 1.54) is 15.6 Å². The molecule has 0 aliphatic carbocycles. The highest BCUT2D eigenvalue weighted by molar-refractivity contribution is 7.89. The lowest BCUT2D eigenvalue weighted by atomic mass is 10.4. The fourth-order valence-corrected chi connectivity index (χ4v) is 5.42. The predicted octanol–water partition coefficient (Wildman–Crippen LogP) is 1.23. The molecule has 0 saturated carbocycles. The first kappa shape index (κ1) is 17.3. The van der Waals surface area contributed by atoms with E-state index < -0.39 is 10.0 Å². The van der Waals surface area contributed by atoms with Crippen molar-refractivity contribution in [3.05, 3.63) is 22.5 Å². The van der Waals surface area contributed by atoms with Crippen molar-refractivity contribution in [2.45, 2.75) is 31.7 Å². The van der Waals surface area contributed by atoms with Crippen LogP contribution in [0.1, 0.15) is 22.8 Å². The predicted molar refractivity (Wildman–Crippen MR) is 91.2 cm³/mol. The Balaban J connectivity index is 1.71. The van der Waals surface area contributed by atoms with Crippen LogP contribution < -0.4 is 5.73 Å². The van der Waals surface area contributed by atoms with Gasteiger partial charge >= 0.3 is 0 Å². The second kappa shape index (κ2) is 6.79. The number of hydrogen-bond acceptors (Lipinski definition) is 8. The van der Waals surface area contributed by atoms with Crippen molar-refractivity contribution in [3.8, 4) is 0 Å². The van der Waals surface area contributed by atoms with Crippen molar-refractivity contribution in [3.63, 3.8) is 0 Å². The largest absolute Gasteiger partial charge is 0.375 e. The number of aromatic nitrogens is 2. The van der Waals surface area contributed by atoms with E-state index >= 15 is 0 Å². The number of aryl methyl sites for hydroxylation is 2. The van der Waals surface area contributed by atoms with Gasteiger partial charge in [0.15, 0.2) is 10.9 Å². The summed E-state index contributed by atoms with van der Waals surface area (Å²) in [5.74, 6) is 0.341. The zero-order chi connectivity index (χ0) is 17.3. The van der Waals surface area contributed by atoms with Gasteiger partial charge in [-0.25, -0.2) is 13.4 Å². The van der Waals surface area contributed by atoms with E-state index in [-0.39, 0.29) is 4.90 Å². The van der Waals surface area contributed by atoms with Crippen LogP contribution >= 0.6 is 11.3 Å².